The molecule has 0 aliphatic carbocycles. The number of thiazole rings is 1. The van der Waals surface area contributed by atoms with Crippen LogP contribution < -0.4 is 14.8 Å². The van der Waals surface area contributed by atoms with Gasteiger partial charge in [-0.25, -0.2) is 4.98 Å². The number of nitrogens with one attached hydrogen (secondary N) is 1. The van der Waals surface area contributed by atoms with Gasteiger partial charge in [-0.05, 0) is 12.8 Å². The number of amides is 1. The Balaban J connectivity index is 1.58. The molecular formula is C20H27N3O3S. The fourth-order valence-corrected chi connectivity index (χ4v) is 4.05. The number of hydrogen-bond donors (Lipinski definition) is 1. The fraction of sp³-hybridized carbons (Fsp3) is 0.500. The number of anilines is 1. The first-order valence-electron chi connectivity index (χ1n) is 9.24. The highest BCUT2D eigenvalue weighted by Gasteiger charge is 2.25. The van der Waals surface area contributed by atoms with E-state index in [1.165, 1.54) is 11.3 Å². The maximum Gasteiger partial charge on any atom is 0.265 e. The smallest absolute Gasteiger partial charge is 0.265 e. The van der Waals surface area contributed by atoms with Crippen LogP contribution in [-0.4, -0.2) is 49.1 Å². The third kappa shape index (κ3) is 4.71. The number of nitrogens with zero attached hydrogens (tertiary/aromatic N) is 2. The summed E-state index contributed by atoms with van der Waals surface area (Å²) >= 11 is 1.51. The molecule has 1 saturated heterocycles. The zero-order chi connectivity index (χ0) is 19.4. The van der Waals surface area contributed by atoms with Crippen molar-refractivity contribution in [2.24, 2.45) is 0 Å². The molecule has 1 amide bonds. The van der Waals surface area contributed by atoms with Crippen molar-refractivity contribution in [3.05, 3.63) is 34.3 Å². The van der Waals surface area contributed by atoms with Gasteiger partial charge < -0.3 is 19.7 Å². The molecule has 2 aromatic rings. The Labute approximate surface area is 164 Å². The second kappa shape index (κ2) is 8.61. The predicted molar refractivity (Wildman–Crippen MR) is 108 cm³/mol. The van der Waals surface area contributed by atoms with E-state index in [4.69, 9.17) is 9.47 Å². The Morgan fingerprint density at radius 2 is 1.81 bits per heavy atom. The number of ether oxygens (including phenoxy) is 2. The minimum Gasteiger partial charge on any atom is -0.497 e. The molecule has 1 aliphatic heterocycles. The molecule has 0 saturated carbocycles. The molecule has 1 N–H and O–H groups in total. The molecule has 27 heavy (non-hydrogen) atoms. The van der Waals surface area contributed by atoms with Crippen LogP contribution in [0.3, 0.4) is 0 Å². The van der Waals surface area contributed by atoms with Crippen molar-refractivity contribution in [3.8, 4) is 11.5 Å². The highest BCUT2D eigenvalue weighted by atomic mass is 32.1. The number of methoxy groups -OCH3 is 2. The van der Waals surface area contributed by atoms with Crippen molar-refractivity contribution in [2.45, 2.75) is 38.6 Å². The molecule has 0 unspecified atom stereocenters. The van der Waals surface area contributed by atoms with Crippen molar-refractivity contribution in [3.63, 3.8) is 0 Å². The van der Waals surface area contributed by atoms with Crippen molar-refractivity contribution >= 4 is 22.9 Å². The highest BCUT2D eigenvalue weighted by molar-refractivity contribution is 7.13. The lowest BCUT2D eigenvalue weighted by atomic mass is 10.0. The van der Waals surface area contributed by atoms with Gasteiger partial charge >= 0.3 is 0 Å². The lowest BCUT2D eigenvalue weighted by Crippen LogP contribution is -2.42. The molecular weight excluding hydrogens is 362 g/mol. The predicted octanol–water partition coefficient (Wildman–Crippen LogP) is 4.00. The summed E-state index contributed by atoms with van der Waals surface area (Å²) in [5.41, 5.74) is 0.972. The van der Waals surface area contributed by atoms with E-state index in [0.29, 0.717) is 12.0 Å². The molecule has 2 heterocycles. The molecule has 0 spiro atoms. The number of piperidine rings is 1. The lowest BCUT2D eigenvalue weighted by molar-refractivity contribution is 0.0723. The van der Waals surface area contributed by atoms with Crippen LogP contribution in [0.1, 0.15) is 47.3 Å². The topological polar surface area (TPSA) is 63.7 Å². The van der Waals surface area contributed by atoms with Crippen molar-refractivity contribution < 1.29 is 14.3 Å². The van der Waals surface area contributed by atoms with E-state index >= 15 is 0 Å². The van der Waals surface area contributed by atoms with Crippen LogP contribution in [-0.2, 0) is 0 Å². The molecule has 1 fully saturated rings. The first-order valence-corrected chi connectivity index (χ1v) is 10.1. The van der Waals surface area contributed by atoms with Gasteiger partial charge in [-0.3, -0.25) is 4.79 Å². The van der Waals surface area contributed by atoms with Crippen LogP contribution in [0.25, 0.3) is 0 Å². The number of hydrogen-bond acceptors (Lipinski definition) is 6. The summed E-state index contributed by atoms with van der Waals surface area (Å²) in [6, 6.07) is 6.10. The molecule has 3 rings (SSSR count). The van der Waals surface area contributed by atoms with Gasteiger partial charge in [0.2, 0.25) is 0 Å². The van der Waals surface area contributed by atoms with E-state index in [1.807, 2.05) is 23.1 Å². The van der Waals surface area contributed by atoms with E-state index in [1.54, 1.807) is 20.4 Å². The zero-order valence-electron chi connectivity index (χ0n) is 16.3. The van der Waals surface area contributed by atoms with Crippen LogP contribution in [0.2, 0.25) is 0 Å². The molecule has 0 atom stereocenters. The van der Waals surface area contributed by atoms with Crippen molar-refractivity contribution in [1.29, 1.82) is 0 Å². The fourth-order valence-electron chi connectivity index (χ4n) is 3.16. The van der Waals surface area contributed by atoms with Gasteiger partial charge in [0.05, 0.1) is 25.4 Å². The Morgan fingerprint density at radius 3 is 2.33 bits per heavy atom. The van der Waals surface area contributed by atoms with E-state index < -0.39 is 0 Å². The SMILES string of the molecule is COc1cc(NC2CCN(C(=O)c3cnc(C(C)C)s3)CC2)cc(OC)c1. The summed E-state index contributed by atoms with van der Waals surface area (Å²) in [7, 11) is 3.29. The Hall–Kier alpha value is -2.28. The van der Waals surface area contributed by atoms with E-state index in [-0.39, 0.29) is 5.91 Å². The summed E-state index contributed by atoms with van der Waals surface area (Å²) in [6.45, 7) is 5.68. The summed E-state index contributed by atoms with van der Waals surface area (Å²) in [5.74, 6) is 1.97. The monoisotopic (exact) mass is 389 g/mol. The standard InChI is InChI=1S/C20H27N3O3S/c1-13(2)19-21-12-18(27-19)20(24)23-7-5-14(6-8-23)22-15-9-16(25-3)11-17(10-15)26-4/h9-14,22H,5-8H2,1-4H3. The van der Waals surface area contributed by atoms with Crippen LogP contribution in [0.15, 0.2) is 24.4 Å². The molecule has 1 aromatic carbocycles. The average Bonchev–Trinajstić information content (AvgIpc) is 3.18. The second-order valence-electron chi connectivity index (χ2n) is 7.03. The number of rotatable bonds is 6. The normalized spacial score (nSPS) is 15.1. The molecule has 146 valence electrons. The minimum atomic E-state index is 0.0981. The van der Waals surface area contributed by atoms with Crippen molar-refractivity contribution in [1.82, 2.24) is 9.88 Å². The summed E-state index contributed by atoms with van der Waals surface area (Å²) in [4.78, 5) is 19.8. The molecule has 1 aromatic heterocycles. The van der Waals surface area contributed by atoms with Crippen molar-refractivity contribution in [2.75, 3.05) is 32.6 Å². The van der Waals surface area contributed by atoms with Crippen LogP contribution >= 0.6 is 11.3 Å². The van der Waals surface area contributed by atoms with Gasteiger partial charge in [0.1, 0.15) is 16.4 Å². The first kappa shape index (κ1) is 19.5. The lowest BCUT2D eigenvalue weighted by Gasteiger charge is -2.32. The summed E-state index contributed by atoms with van der Waals surface area (Å²) in [5, 5.41) is 4.56. The Bertz CT molecular complexity index is 760. The number of carbonyl (C=O) groups is 1. The average molecular weight is 390 g/mol. The minimum absolute atomic E-state index is 0.0981. The van der Waals surface area contributed by atoms with Gasteiger partial charge in [-0.15, -0.1) is 11.3 Å². The molecule has 6 nitrogen and oxygen atoms in total. The molecule has 0 bridgehead atoms. The first-order chi connectivity index (χ1) is 13.0. The number of aromatic nitrogens is 1. The Kier molecular flexibility index (Phi) is 6.21. The maximum atomic E-state index is 12.7. The highest BCUT2D eigenvalue weighted by Crippen LogP contribution is 2.28. The molecule has 7 heteroatoms. The van der Waals surface area contributed by atoms with Crippen LogP contribution in [0, 0.1) is 0 Å². The maximum absolute atomic E-state index is 12.7. The van der Waals surface area contributed by atoms with E-state index in [0.717, 1.165) is 53.0 Å². The van der Waals surface area contributed by atoms with Gasteiger partial charge in [-0.2, -0.15) is 0 Å². The van der Waals surface area contributed by atoms with Gasteiger partial charge in [0.25, 0.3) is 5.91 Å². The summed E-state index contributed by atoms with van der Waals surface area (Å²) in [6.07, 6.45) is 3.53. The number of carbonyl (C=O) groups excluding carboxylic acids is 1. The third-order valence-corrected chi connectivity index (χ3v) is 6.02. The molecule has 0 radical (unpaired) electrons. The van der Waals surface area contributed by atoms with Gasteiger partial charge in [-0.1, -0.05) is 13.8 Å². The quantitative estimate of drug-likeness (QED) is 0.809. The molecule has 1 aliphatic rings. The largest absolute Gasteiger partial charge is 0.497 e. The van der Waals surface area contributed by atoms with Gasteiger partial charge in [0, 0.05) is 48.9 Å². The Morgan fingerprint density at radius 1 is 1.19 bits per heavy atom. The zero-order valence-corrected chi connectivity index (χ0v) is 17.1. The second-order valence-corrected chi connectivity index (χ2v) is 8.09. The summed E-state index contributed by atoms with van der Waals surface area (Å²) < 4.78 is 10.7. The van der Waals surface area contributed by atoms with Crippen LogP contribution in [0.4, 0.5) is 5.69 Å². The van der Waals surface area contributed by atoms with E-state index in [9.17, 15) is 4.79 Å². The number of benzene rings is 1. The van der Waals surface area contributed by atoms with E-state index in [2.05, 4.69) is 24.1 Å². The third-order valence-electron chi connectivity index (χ3n) is 4.73. The van der Waals surface area contributed by atoms with Crippen LogP contribution in [0.5, 0.6) is 11.5 Å². The van der Waals surface area contributed by atoms with Gasteiger partial charge in [0.15, 0.2) is 0 Å². The number of likely N-dealkylation sites (tertiary alicyclic amines) is 1.